The summed E-state index contributed by atoms with van der Waals surface area (Å²) < 4.78 is 3.88. The van der Waals surface area contributed by atoms with Crippen LogP contribution >= 0.6 is 22.9 Å². The Hall–Kier alpha value is -1.26. The molecule has 1 N–H and O–H groups in total. The summed E-state index contributed by atoms with van der Waals surface area (Å²) in [5, 5.41) is 3.06. The van der Waals surface area contributed by atoms with Crippen molar-refractivity contribution in [2.45, 2.75) is 45.6 Å². The predicted octanol–water partition coefficient (Wildman–Crippen LogP) is 5.00. The first-order valence-electron chi connectivity index (χ1n) is 7.93. The van der Waals surface area contributed by atoms with E-state index in [0.717, 1.165) is 33.2 Å². The molecule has 3 rings (SSSR count). The van der Waals surface area contributed by atoms with Gasteiger partial charge in [0.2, 0.25) is 0 Å². The minimum Gasteiger partial charge on any atom is -0.350 e. The molecule has 3 nitrogen and oxygen atoms in total. The highest BCUT2D eigenvalue weighted by Crippen LogP contribution is 2.32. The van der Waals surface area contributed by atoms with E-state index in [0.29, 0.717) is 6.54 Å². The summed E-state index contributed by atoms with van der Waals surface area (Å²) in [7, 11) is 0. The van der Waals surface area contributed by atoms with Crippen LogP contribution in [0, 0.1) is 0 Å². The van der Waals surface area contributed by atoms with Gasteiger partial charge < -0.3 is 9.88 Å². The lowest BCUT2D eigenvalue weighted by molar-refractivity contribution is 0.0945. The maximum absolute atomic E-state index is 12.4. The molecule has 22 heavy (non-hydrogen) atoms. The van der Waals surface area contributed by atoms with Gasteiger partial charge in [-0.3, -0.25) is 4.79 Å². The maximum atomic E-state index is 12.4. The van der Waals surface area contributed by atoms with E-state index in [1.807, 2.05) is 16.7 Å². The zero-order valence-electron chi connectivity index (χ0n) is 12.8. The molecule has 118 valence electrons. The third kappa shape index (κ3) is 3.23. The van der Waals surface area contributed by atoms with Crippen molar-refractivity contribution in [3.05, 3.63) is 33.8 Å². The topological polar surface area (TPSA) is 34.0 Å². The molecule has 1 aliphatic rings. The Morgan fingerprint density at radius 1 is 1.41 bits per heavy atom. The first kappa shape index (κ1) is 15.6. The molecule has 0 fully saturated rings. The van der Waals surface area contributed by atoms with Crippen LogP contribution in [0.25, 0.3) is 10.2 Å². The zero-order valence-corrected chi connectivity index (χ0v) is 14.4. The minimum atomic E-state index is 0.0118. The maximum Gasteiger partial charge on any atom is 0.267 e. The molecule has 0 bridgehead atoms. The first-order valence-corrected chi connectivity index (χ1v) is 9.13. The Balaban J connectivity index is 1.66. The van der Waals surface area contributed by atoms with Gasteiger partial charge in [0.1, 0.15) is 5.69 Å². The van der Waals surface area contributed by atoms with Gasteiger partial charge in [-0.15, -0.1) is 11.3 Å². The van der Waals surface area contributed by atoms with Gasteiger partial charge in [-0.25, -0.2) is 0 Å². The second-order valence-electron chi connectivity index (χ2n) is 5.69. The molecule has 2 heterocycles. The van der Waals surface area contributed by atoms with Crippen molar-refractivity contribution in [2.75, 3.05) is 6.54 Å². The van der Waals surface area contributed by atoms with Crippen molar-refractivity contribution in [1.29, 1.82) is 0 Å². The molecule has 0 aromatic carbocycles. The van der Waals surface area contributed by atoms with Crippen LogP contribution in [0.2, 0.25) is 4.34 Å². The molecule has 1 amide bonds. The van der Waals surface area contributed by atoms with Gasteiger partial charge in [-0.05, 0) is 51.2 Å². The van der Waals surface area contributed by atoms with Crippen molar-refractivity contribution in [1.82, 2.24) is 9.88 Å². The molecule has 2 aromatic heterocycles. The van der Waals surface area contributed by atoms with Crippen LogP contribution in [-0.4, -0.2) is 17.0 Å². The van der Waals surface area contributed by atoms with E-state index in [9.17, 15) is 4.79 Å². The van der Waals surface area contributed by atoms with Crippen LogP contribution in [0.1, 0.15) is 49.5 Å². The van der Waals surface area contributed by atoms with Crippen LogP contribution in [0.3, 0.4) is 0 Å². The summed E-state index contributed by atoms with van der Waals surface area (Å²) in [6.07, 6.45) is 8.28. The normalized spacial score (nSPS) is 15.1. The summed E-state index contributed by atoms with van der Waals surface area (Å²) >= 11 is 7.58. The predicted molar refractivity (Wildman–Crippen MR) is 94.0 cm³/mol. The van der Waals surface area contributed by atoms with Gasteiger partial charge in [-0.2, -0.15) is 0 Å². The monoisotopic (exact) mass is 336 g/mol. The number of carbonyl (C=O) groups is 1. The lowest BCUT2D eigenvalue weighted by atomic mass is 9.97. The standard InChI is InChI=1S/C17H21ClN2OS/c1-2-20-13-11-16(18)22-15(13)10-14(20)17(21)19-9-8-12-6-4-3-5-7-12/h6,10-11H,2-5,7-9H2,1H3,(H,19,21). The summed E-state index contributed by atoms with van der Waals surface area (Å²) in [4.78, 5) is 12.4. The molecule has 5 heteroatoms. The first-order chi connectivity index (χ1) is 10.7. The molecule has 0 spiro atoms. The summed E-state index contributed by atoms with van der Waals surface area (Å²) in [6, 6.07) is 3.89. The van der Waals surface area contributed by atoms with Crippen molar-refractivity contribution in [2.24, 2.45) is 0 Å². The number of hydrogen-bond donors (Lipinski definition) is 1. The van der Waals surface area contributed by atoms with E-state index in [-0.39, 0.29) is 5.91 Å². The van der Waals surface area contributed by atoms with E-state index in [2.05, 4.69) is 18.3 Å². The highest BCUT2D eigenvalue weighted by molar-refractivity contribution is 7.22. The number of allylic oxidation sites excluding steroid dienone is 1. The third-order valence-corrected chi connectivity index (χ3v) is 5.43. The van der Waals surface area contributed by atoms with E-state index in [4.69, 9.17) is 11.6 Å². The number of rotatable bonds is 5. The molecular formula is C17H21ClN2OS. The third-order valence-electron chi connectivity index (χ3n) is 4.23. The highest BCUT2D eigenvalue weighted by atomic mass is 35.5. The van der Waals surface area contributed by atoms with Crippen LogP contribution in [-0.2, 0) is 6.54 Å². The average Bonchev–Trinajstić information content (AvgIpc) is 3.03. The smallest absolute Gasteiger partial charge is 0.267 e. The van der Waals surface area contributed by atoms with E-state index in [1.165, 1.54) is 42.6 Å². The molecule has 1 aliphatic carbocycles. The molecule has 0 saturated carbocycles. The average molecular weight is 337 g/mol. The number of fused-ring (bicyclic) bond motifs is 1. The van der Waals surface area contributed by atoms with E-state index in [1.54, 1.807) is 0 Å². The van der Waals surface area contributed by atoms with Crippen LogP contribution in [0.4, 0.5) is 0 Å². The number of halogens is 1. The number of aromatic nitrogens is 1. The molecule has 0 unspecified atom stereocenters. The van der Waals surface area contributed by atoms with Crippen LogP contribution in [0.15, 0.2) is 23.8 Å². The Bertz CT molecular complexity index is 714. The van der Waals surface area contributed by atoms with Crippen molar-refractivity contribution in [3.8, 4) is 0 Å². The lowest BCUT2D eigenvalue weighted by Gasteiger charge is -2.13. The van der Waals surface area contributed by atoms with Crippen molar-refractivity contribution < 1.29 is 4.79 Å². The minimum absolute atomic E-state index is 0.0118. The Labute approximate surface area is 140 Å². The van der Waals surface area contributed by atoms with Gasteiger partial charge in [-0.1, -0.05) is 23.3 Å². The number of amides is 1. The zero-order chi connectivity index (χ0) is 15.5. The molecule has 0 radical (unpaired) electrons. The van der Waals surface area contributed by atoms with Gasteiger partial charge in [0.15, 0.2) is 0 Å². The molecule has 0 saturated heterocycles. The van der Waals surface area contributed by atoms with E-state index < -0.39 is 0 Å². The molecule has 0 atom stereocenters. The number of nitrogens with one attached hydrogen (secondary N) is 1. The summed E-state index contributed by atoms with van der Waals surface area (Å²) in [5.41, 5.74) is 3.28. The molecule has 2 aromatic rings. The Kier molecular flexibility index (Phi) is 4.89. The van der Waals surface area contributed by atoms with Crippen LogP contribution < -0.4 is 5.32 Å². The number of hydrogen-bond acceptors (Lipinski definition) is 2. The second-order valence-corrected chi connectivity index (χ2v) is 7.40. The van der Waals surface area contributed by atoms with Gasteiger partial charge >= 0.3 is 0 Å². The summed E-state index contributed by atoms with van der Waals surface area (Å²) in [5.74, 6) is 0.0118. The fourth-order valence-electron chi connectivity index (χ4n) is 3.10. The largest absolute Gasteiger partial charge is 0.350 e. The number of aryl methyl sites for hydroxylation is 1. The van der Waals surface area contributed by atoms with Crippen molar-refractivity contribution in [3.63, 3.8) is 0 Å². The fraction of sp³-hybridized carbons (Fsp3) is 0.471. The quantitative estimate of drug-likeness (QED) is 0.766. The van der Waals surface area contributed by atoms with E-state index >= 15 is 0 Å². The number of nitrogens with zero attached hydrogens (tertiary/aromatic N) is 1. The van der Waals surface area contributed by atoms with Crippen molar-refractivity contribution >= 4 is 39.1 Å². The van der Waals surface area contributed by atoms with Gasteiger partial charge in [0.25, 0.3) is 5.91 Å². The SMILES string of the molecule is CCn1c(C(=O)NCCC2=CCCCC2)cc2sc(Cl)cc21. The highest BCUT2D eigenvalue weighted by Gasteiger charge is 2.16. The van der Waals surface area contributed by atoms with Crippen LogP contribution in [0.5, 0.6) is 0 Å². The number of thiophene rings is 1. The fourth-order valence-corrected chi connectivity index (χ4v) is 4.28. The Morgan fingerprint density at radius 3 is 3.00 bits per heavy atom. The number of carbonyl (C=O) groups excluding carboxylic acids is 1. The molecular weight excluding hydrogens is 316 g/mol. The lowest BCUT2D eigenvalue weighted by Crippen LogP contribution is -2.27. The Morgan fingerprint density at radius 2 is 2.27 bits per heavy atom. The second kappa shape index (κ2) is 6.88. The van der Waals surface area contributed by atoms with Gasteiger partial charge in [0.05, 0.1) is 14.6 Å². The molecule has 0 aliphatic heterocycles. The summed E-state index contributed by atoms with van der Waals surface area (Å²) in [6.45, 7) is 3.53. The van der Waals surface area contributed by atoms with Gasteiger partial charge in [0, 0.05) is 13.1 Å².